The Hall–Kier alpha value is -2.12. The lowest BCUT2D eigenvalue weighted by molar-refractivity contribution is -0.124. The first-order valence-electron chi connectivity index (χ1n) is 9.19. The molecule has 1 N–H and O–H groups in total. The molecule has 27 heavy (non-hydrogen) atoms. The summed E-state index contributed by atoms with van der Waals surface area (Å²) in [7, 11) is -3.78. The van der Waals surface area contributed by atoms with Crippen molar-refractivity contribution < 1.29 is 17.9 Å². The molecule has 6 nitrogen and oxygen atoms in total. The van der Waals surface area contributed by atoms with Crippen LogP contribution in [0.15, 0.2) is 40.1 Å². The van der Waals surface area contributed by atoms with Crippen molar-refractivity contribution in [2.45, 2.75) is 62.5 Å². The van der Waals surface area contributed by atoms with Crippen molar-refractivity contribution in [3.8, 4) is 0 Å². The minimum atomic E-state index is -3.78. The van der Waals surface area contributed by atoms with E-state index in [1.54, 1.807) is 37.3 Å². The van der Waals surface area contributed by atoms with E-state index < -0.39 is 15.9 Å². The van der Waals surface area contributed by atoms with Crippen molar-refractivity contribution in [1.82, 2.24) is 4.57 Å². The molecule has 0 radical (unpaired) electrons. The second-order valence-corrected chi connectivity index (χ2v) is 9.05. The van der Waals surface area contributed by atoms with Crippen LogP contribution in [0.5, 0.6) is 0 Å². The normalized spacial score (nSPS) is 17.4. The standard InChI is InChI=1S/C20H26N2O4S/c1-13(2)22-15(4)14(3)18(27(24,25)16-9-6-5-7-10-16)19(22)21-20(23)17-11-8-12-26-17/h5-7,9-10,13,17H,8,11-12H2,1-4H3,(H,21,23)/t17-/m0/s1. The predicted molar refractivity (Wildman–Crippen MR) is 104 cm³/mol. The number of rotatable bonds is 5. The van der Waals surface area contributed by atoms with Crippen LogP contribution in [0.1, 0.15) is 44.0 Å². The van der Waals surface area contributed by atoms with E-state index in [1.807, 2.05) is 25.3 Å². The fourth-order valence-corrected chi connectivity index (χ4v) is 5.30. The van der Waals surface area contributed by atoms with Gasteiger partial charge in [-0.15, -0.1) is 0 Å². The van der Waals surface area contributed by atoms with E-state index in [0.717, 1.165) is 12.1 Å². The zero-order valence-electron chi connectivity index (χ0n) is 16.2. The van der Waals surface area contributed by atoms with Crippen molar-refractivity contribution in [2.24, 2.45) is 0 Å². The van der Waals surface area contributed by atoms with Gasteiger partial charge in [-0.1, -0.05) is 18.2 Å². The molecule has 1 atom stereocenters. The smallest absolute Gasteiger partial charge is 0.254 e. The zero-order valence-corrected chi connectivity index (χ0v) is 17.0. The zero-order chi connectivity index (χ0) is 19.8. The van der Waals surface area contributed by atoms with Crippen LogP contribution in [-0.4, -0.2) is 31.6 Å². The molecule has 1 aromatic carbocycles. The van der Waals surface area contributed by atoms with E-state index in [4.69, 9.17) is 4.74 Å². The lowest BCUT2D eigenvalue weighted by Crippen LogP contribution is -2.29. The number of benzene rings is 1. The van der Waals surface area contributed by atoms with Crippen molar-refractivity contribution in [3.05, 3.63) is 41.6 Å². The first-order valence-corrected chi connectivity index (χ1v) is 10.7. The summed E-state index contributed by atoms with van der Waals surface area (Å²) < 4.78 is 34.1. The van der Waals surface area contributed by atoms with Gasteiger partial charge in [0.2, 0.25) is 9.84 Å². The average Bonchev–Trinajstić information content (AvgIpc) is 3.24. The molecule has 2 aromatic rings. The molecule has 0 unspecified atom stereocenters. The largest absolute Gasteiger partial charge is 0.368 e. The molecule has 0 bridgehead atoms. The Bertz CT molecular complexity index is 940. The van der Waals surface area contributed by atoms with E-state index in [9.17, 15) is 13.2 Å². The summed E-state index contributed by atoms with van der Waals surface area (Å²) in [6.45, 7) is 8.14. The monoisotopic (exact) mass is 390 g/mol. The molecule has 3 rings (SSSR count). The van der Waals surface area contributed by atoms with Gasteiger partial charge in [0, 0.05) is 18.3 Å². The van der Waals surface area contributed by atoms with Gasteiger partial charge in [-0.05, 0) is 58.2 Å². The molecule has 146 valence electrons. The van der Waals surface area contributed by atoms with Gasteiger partial charge in [-0.3, -0.25) is 4.79 Å². The molecule has 1 fully saturated rings. The summed E-state index contributed by atoms with van der Waals surface area (Å²) in [6.07, 6.45) is 0.942. The van der Waals surface area contributed by atoms with Crippen LogP contribution in [-0.2, 0) is 19.4 Å². The Morgan fingerprint density at radius 1 is 1.22 bits per heavy atom. The van der Waals surface area contributed by atoms with Crippen LogP contribution < -0.4 is 5.32 Å². The topological polar surface area (TPSA) is 77.4 Å². The van der Waals surface area contributed by atoms with E-state index in [1.165, 1.54) is 0 Å². The van der Waals surface area contributed by atoms with Crippen LogP contribution in [0.4, 0.5) is 5.82 Å². The van der Waals surface area contributed by atoms with E-state index in [0.29, 0.717) is 24.4 Å². The van der Waals surface area contributed by atoms with Crippen molar-refractivity contribution in [2.75, 3.05) is 11.9 Å². The maximum atomic E-state index is 13.4. The number of aromatic nitrogens is 1. The average molecular weight is 391 g/mol. The minimum absolute atomic E-state index is 0.0109. The van der Waals surface area contributed by atoms with Crippen LogP contribution in [0, 0.1) is 13.8 Å². The molecule has 7 heteroatoms. The highest BCUT2D eigenvalue weighted by Crippen LogP contribution is 2.37. The molecule has 1 saturated heterocycles. The van der Waals surface area contributed by atoms with E-state index in [-0.39, 0.29) is 21.7 Å². The predicted octanol–water partition coefficient (Wildman–Crippen LogP) is 3.64. The number of hydrogen-bond acceptors (Lipinski definition) is 4. The molecule has 2 heterocycles. The maximum absolute atomic E-state index is 13.4. The minimum Gasteiger partial charge on any atom is -0.368 e. The highest BCUT2D eigenvalue weighted by molar-refractivity contribution is 7.91. The number of nitrogens with one attached hydrogen (secondary N) is 1. The molecule has 1 aliphatic heterocycles. The van der Waals surface area contributed by atoms with Gasteiger partial charge in [0.15, 0.2) is 0 Å². The highest BCUT2D eigenvalue weighted by atomic mass is 32.2. The molecule has 1 aromatic heterocycles. The van der Waals surface area contributed by atoms with Crippen molar-refractivity contribution in [3.63, 3.8) is 0 Å². The van der Waals surface area contributed by atoms with Gasteiger partial charge in [-0.2, -0.15) is 0 Å². The molecular weight excluding hydrogens is 364 g/mol. The number of anilines is 1. The number of carbonyl (C=O) groups is 1. The Labute approximate surface area is 160 Å². The van der Waals surface area contributed by atoms with E-state index >= 15 is 0 Å². The van der Waals surface area contributed by atoms with Gasteiger partial charge >= 0.3 is 0 Å². The second-order valence-electron chi connectivity index (χ2n) is 7.16. The van der Waals surface area contributed by atoms with Gasteiger partial charge in [0.05, 0.1) is 4.90 Å². The summed E-state index contributed by atoms with van der Waals surface area (Å²) in [5.41, 5.74) is 1.47. The first kappa shape index (κ1) is 19.6. The molecule has 1 aliphatic rings. The summed E-state index contributed by atoms with van der Waals surface area (Å²) in [5.74, 6) is 0.0285. The summed E-state index contributed by atoms with van der Waals surface area (Å²) in [4.78, 5) is 13.0. The molecule has 1 amide bonds. The fourth-order valence-electron chi connectivity index (χ4n) is 3.59. The first-order chi connectivity index (χ1) is 12.7. The quantitative estimate of drug-likeness (QED) is 0.846. The highest BCUT2D eigenvalue weighted by Gasteiger charge is 2.33. The Balaban J connectivity index is 2.16. The number of nitrogens with zero attached hydrogens (tertiary/aromatic N) is 1. The summed E-state index contributed by atoms with van der Waals surface area (Å²) in [5, 5.41) is 2.86. The van der Waals surface area contributed by atoms with Gasteiger partial charge < -0.3 is 14.6 Å². The molecule has 0 saturated carbocycles. The van der Waals surface area contributed by atoms with Crippen LogP contribution in [0.2, 0.25) is 0 Å². The summed E-state index contributed by atoms with van der Waals surface area (Å²) in [6, 6.07) is 8.29. The number of hydrogen-bond donors (Lipinski definition) is 1. The van der Waals surface area contributed by atoms with Gasteiger partial charge in [0.25, 0.3) is 5.91 Å². The third-order valence-electron chi connectivity index (χ3n) is 5.00. The van der Waals surface area contributed by atoms with Crippen molar-refractivity contribution >= 4 is 21.6 Å². The third-order valence-corrected chi connectivity index (χ3v) is 6.93. The molecule has 0 spiro atoms. The lowest BCUT2D eigenvalue weighted by atomic mass is 10.2. The summed E-state index contributed by atoms with van der Waals surface area (Å²) >= 11 is 0. The van der Waals surface area contributed by atoms with Crippen LogP contribution in [0.25, 0.3) is 0 Å². The number of amides is 1. The Morgan fingerprint density at radius 3 is 2.44 bits per heavy atom. The number of carbonyl (C=O) groups excluding carboxylic acids is 1. The maximum Gasteiger partial charge on any atom is 0.254 e. The Kier molecular flexibility index (Phi) is 5.44. The van der Waals surface area contributed by atoms with Crippen LogP contribution >= 0.6 is 0 Å². The van der Waals surface area contributed by atoms with Gasteiger partial charge in [0.1, 0.15) is 16.8 Å². The molecule has 0 aliphatic carbocycles. The van der Waals surface area contributed by atoms with Crippen LogP contribution in [0.3, 0.4) is 0 Å². The number of ether oxygens (including phenoxy) is 1. The second kappa shape index (κ2) is 7.48. The SMILES string of the molecule is Cc1c(S(=O)(=O)c2ccccc2)c(NC(=O)[C@@H]2CCCO2)n(C(C)C)c1C. The van der Waals surface area contributed by atoms with Crippen molar-refractivity contribution in [1.29, 1.82) is 0 Å². The Morgan fingerprint density at radius 2 is 1.89 bits per heavy atom. The fraction of sp³-hybridized carbons (Fsp3) is 0.450. The van der Waals surface area contributed by atoms with E-state index in [2.05, 4.69) is 5.32 Å². The third kappa shape index (κ3) is 3.53. The van der Waals surface area contributed by atoms with Gasteiger partial charge in [-0.25, -0.2) is 8.42 Å². The number of sulfone groups is 1. The lowest BCUT2D eigenvalue weighted by Gasteiger charge is -2.19. The molecular formula is C20H26N2O4S.